The van der Waals surface area contributed by atoms with E-state index < -0.39 is 0 Å². The van der Waals surface area contributed by atoms with Crippen molar-refractivity contribution in [3.63, 3.8) is 0 Å². The highest BCUT2D eigenvalue weighted by atomic mass is 32.1. The van der Waals surface area contributed by atoms with Crippen LogP contribution in [0.3, 0.4) is 0 Å². The van der Waals surface area contributed by atoms with Crippen LogP contribution >= 0.6 is 11.3 Å². The molecule has 1 aliphatic rings. The molecule has 0 unspecified atom stereocenters. The molecule has 1 N–H and O–H groups in total. The largest absolute Gasteiger partial charge is 0.496 e. The zero-order valence-electron chi connectivity index (χ0n) is 17.7. The molecular weight excluding hydrogens is 408 g/mol. The Hall–Kier alpha value is -3.38. The first kappa shape index (κ1) is 20.9. The van der Waals surface area contributed by atoms with Crippen molar-refractivity contribution in [2.75, 3.05) is 12.4 Å². The van der Waals surface area contributed by atoms with E-state index in [1.807, 2.05) is 66.0 Å². The summed E-state index contributed by atoms with van der Waals surface area (Å²) in [6.45, 7) is 4.41. The zero-order chi connectivity index (χ0) is 22.0. The lowest BCUT2D eigenvalue weighted by atomic mass is 10.0. The molecule has 2 amide bonds. The Morgan fingerprint density at radius 3 is 2.35 bits per heavy atom. The molecule has 5 nitrogen and oxygen atoms in total. The molecule has 158 valence electrons. The number of anilines is 1. The molecule has 0 atom stereocenters. The third-order valence-corrected chi connectivity index (χ3v) is 6.19. The van der Waals surface area contributed by atoms with Crippen molar-refractivity contribution in [1.82, 2.24) is 4.90 Å². The van der Waals surface area contributed by atoms with Crippen molar-refractivity contribution in [2.45, 2.75) is 26.3 Å². The van der Waals surface area contributed by atoms with Crippen LogP contribution in [-0.4, -0.2) is 23.8 Å². The smallest absolute Gasteiger partial charge is 0.278 e. The lowest BCUT2D eigenvalue weighted by Gasteiger charge is -2.17. The number of hydrogen-bond acceptors (Lipinski definition) is 5. The van der Waals surface area contributed by atoms with E-state index in [9.17, 15) is 9.59 Å². The first-order valence-electron chi connectivity index (χ1n) is 10.1. The quantitative estimate of drug-likeness (QED) is 0.517. The number of thiophene rings is 1. The molecule has 0 bridgehead atoms. The Morgan fingerprint density at radius 1 is 0.968 bits per heavy atom. The van der Waals surface area contributed by atoms with E-state index in [2.05, 4.69) is 19.2 Å². The van der Waals surface area contributed by atoms with E-state index in [0.29, 0.717) is 22.9 Å². The molecule has 0 saturated carbocycles. The molecule has 4 rings (SSSR count). The van der Waals surface area contributed by atoms with Crippen LogP contribution in [0, 0.1) is 0 Å². The Bertz CT molecular complexity index is 1130. The number of methoxy groups -OCH3 is 1. The minimum absolute atomic E-state index is 0.147. The standard InChI is InChI=1S/C25H24N2O3S/c1-16(2)17-10-12-19(13-11-17)26-23-22(21-9-6-14-31-21)24(28)27(25(23)29)15-18-7-4-5-8-20(18)30-3/h4-14,16,26H,15H2,1-3H3. The van der Waals surface area contributed by atoms with Gasteiger partial charge in [0.05, 0.1) is 19.2 Å². The van der Waals surface area contributed by atoms with Gasteiger partial charge in [0.1, 0.15) is 11.4 Å². The highest BCUT2D eigenvalue weighted by Gasteiger charge is 2.40. The second-order valence-corrected chi connectivity index (χ2v) is 8.59. The van der Waals surface area contributed by atoms with Gasteiger partial charge in [-0.25, -0.2) is 0 Å². The van der Waals surface area contributed by atoms with E-state index in [1.165, 1.54) is 21.8 Å². The van der Waals surface area contributed by atoms with E-state index in [0.717, 1.165) is 16.1 Å². The van der Waals surface area contributed by atoms with Crippen LogP contribution in [0.1, 0.15) is 35.8 Å². The highest BCUT2D eigenvalue weighted by Crippen LogP contribution is 2.34. The average molecular weight is 433 g/mol. The maximum atomic E-state index is 13.4. The molecular formula is C25H24N2O3S. The summed E-state index contributed by atoms with van der Waals surface area (Å²) in [6, 6.07) is 19.1. The number of carbonyl (C=O) groups is 2. The van der Waals surface area contributed by atoms with Gasteiger partial charge < -0.3 is 10.1 Å². The number of para-hydroxylation sites is 1. The summed E-state index contributed by atoms with van der Waals surface area (Å²) in [7, 11) is 1.58. The van der Waals surface area contributed by atoms with Crippen LogP contribution in [-0.2, 0) is 16.1 Å². The van der Waals surface area contributed by atoms with E-state index >= 15 is 0 Å². The summed E-state index contributed by atoms with van der Waals surface area (Å²) < 4.78 is 5.40. The normalized spacial score (nSPS) is 14.0. The number of hydrogen-bond donors (Lipinski definition) is 1. The lowest BCUT2D eigenvalue weighted by molar-refractivity contribution is -0.137. The first-order valence-corrected chi connectivity index (χ1v) is 11.0. The van der Waals surface area contributed by atoms with Crippen molar-refractivity contribution in [1.29, 1.82) is 0 Å². The number of rotatable bonds is 7. The number of nitrogens with one attached hydrogen (secondary N) is 1. The van der Waals surface area contributed by atoms with Crippen molar-refractivity contribution in [3.05, 3.63) is 87.7 Å². The number of ether oxygens (including phenoxy) is 1. The fourth-order valence-electron chi connectivity index (χ4n) is 3.58. The molecule has 0 spiro atoms. The number of nitrogens with zero attached hydrogens (tertiary/aromatic N) is 1. The van der Waals surface area contributed by atoms with Gasteiger partial charge in [-0.15, -0.1) is 11.3 Å². The molecule has 0 saturated heterocycles. The van der Waals surface area contributed by atoms with E-state index in [-0.39, 0.29) is 18.4 Å². The fraction of sp³-hybridized carbons (Fsp3) is 0.200. The van der Waals surface area contributed by atoms with Gasteiger partial charge in [0.25, 0.3) is 11.8 Å². The van der Waals surface area contributed by atoms with Gasteiger partial charge in [-0.05, 0) is 41.1 Å². The maximum absolute atomic E-state index is 13.4. The van der Waals surface area contributed by atoms with Gasteiger partial charge in [-0.1, -0.05) is 50.2 Å². The molecule has 6 heteroatoms. The molecule has 31 heavy (non-hydrogen) atoms. The van der Waals surface area contributed by atoms with Gasteiger partial charge in [0.15, 0.2) is 0 Å². The topological polar surface area (TPSA) is 58.6 Å². The minimum atomic E-state index is -0.341. The van der Waals surface area contributed by atoms with E-state index in [1.54, 1.807) is 7.11 Å². The highest BCUT2D eigenvalue weighted by molar-refractivity contribution is 7.11. The first-order chi connectivity index (χ1) is 15.0. The summed E-state index contributed by atoms with van der Waals surface area (Å²) in [5, 5.41) is 5.11. The second kappa shape index (κ2) is 8.78. The third-order valence-electron chi connectivity index (χ3n) is 5.30. The average Bonchev–Trinajstić information content (AvgIpc) is 3.38. The molecule has 0 aliphatic carbocycles. The van der Waals surface area contributed by atoms with Crippen molar-refractivity contribution in [2.24, 2.45) is 0 Å². The van der Waals surface area contributed by atoms with Crippen LogP contribution in [0.4, 0.5) is 5.69 Å². The van der Waals surface area contributed by atoms with Crippen LogP contribution in [0.2, 0.25) is 0 Å². The molecule has 0 fully saturated rings. The van der Waals surface area contributed by atoms with Crippen molar-refractivity contribution >= 4 is 34.4 Å². The molecule has 2 heterocycles. The van der Waals surface area contributed by atoms with Gasteiger partial charge in [-0.2, -0.15) is 0 Å². The van der Waals surface area contributed by atoms with E-state index in [4.69, 9.17) is 4.74 Å². The van der Waals surface area contributed by atoms with Crippen molar-refractivity contribution in [3.8, 4) is 5.75 Å². The molecule has 1 aliphatic heterocycles. The monoisotopic (exact) mass is 432 g/mol. The minimum Gasteiger partial charge on any atom is -0.496 e. The van der Waals surface area contributed by atoms with Crippen LogP contribution in [0.5, 0.6) is 5.75 Å². The summed E-state index contributed by atoms with van der Waals surface area (Å²) >= 11 is 1.44. The molecule has 2 aromatic carbocycles. The summed E-state index contributed by atoms with van der Waals surface area (Å²) in [4.78, 5) is 28.7. The summed E-state index contributed by atoms with van der Waals surface area (Å²) in [6.07, 6.45) is 0. The summed E-state index contributed by atoms with van der Waals surface area (Å²) in [5.74, 6) is 0.416. The summed E-state index contributed by atoms with van der Waals surface area (Å²) in [5.41, 5.74) is 3.47. The number of carbonyl (C=O) groups excluding carboxylic acids is 2. The SMILES string of the molecule is COc1ccccc1CN1C(=O)C(Nc2ccc(C(C)C)cc2)=C(c2cccs2)C1=O. The Kier molecular flexibility index (Phi) is 5.91. The zero-order valence-corrected chi connectivity index (χ0v) is 18.5. The maximum Gasteiger partial charge on any atom is 0.278 e. The lowest BCUT2D eigenvalue weighted by Crippen LogP contribution is -2.32. The van der Waals surface area contributed by atoms with Gasteiger partial charge in [0.2, 0.25) is 0 Å². The van der Waals surface area contributed by atoms with Crippen LogP contribution in [0.25, 0.3) is 5.57 Å². The molecule has 0 radical (unpaired) electrons. The third kappa shape index (κ3) is 4.11. The van der Waals surface area contributed by atoms with Crippen LogP contribution < -0.4 is 10.1 Å². The van der Waals surface area contributed by atoms with Gasteiger partial charge >= 0.3 is 0 Å². The van der Waals surface area contributed by atoms with Gasteiger partial charge in [0, 0.05) is 16.1 Å². The molecule has 1 aromatic heterocycles. The Morgan fingerprint density at radius 2 is 1.71 bits per heavy atom. The second-order valence-electron chi connectivity index (χ2n) is 7.64. The van der Waals surface area contributed by atoms with Crippen LogP contribution in [0.15, 0.2) is 71.7 Å². The number of amides is 2. The predicted molar refractivity (Wildman–Crippen MR) is 124 cm³/mol. The Balaban J connectivity index is 1.68. The van der Waals surface area contributed by atoms with Gasteiger partial charge in [-0.3, -0.25) is 14.5 Å². The Labute approximate surface area is 186 Å². The number of benzene rings is 2. The number of imide groups is 1. The predicted octanol–water partition coefficient (Wildman–Crippen LogP) is 5.27. The van der Waals surface area contributed by atoms with Crippen molar-refractivity contribution < 1.29 is 14.3 Å². The molecule has 3 aromatic rings. The fourth-order valence-corrected chi connectivity index (χ4v) is 4.35.